The first-order valence-corrected chi connectivity index (χ1v) is 12.8. The number of carbonyl (C=O) groups excluding carboxylic acids is 4. The molecule has 1 aliphatic heterocycles. The summed E-state index contributed by atoms with van der Waals surface area (Å²) in [5, 5.41) is 2.19. The van der Waals surface area contributed by atoms with Gasteiger partial charge in [-0.2, -0.15) is 0 Å². The SMILES string of the molecule is CCCCOC(=O)c1cc(NC(=O)CN2C(=O)S/C(=C/c3cccc(OC)c3OCC)C2=O)ccc1Cl. The molecule has 0 atom stereocenters. The first kappa shape index (κ1) is 28.1. The van der Waals surface area contributed by atoms with Crippen LogP contribution in [-0.2, 0) is 14.3 Å². The number of hydrogen-bond donors (Lipinski definition) is 1. The highest BCUT2D eigenvalue weighted by Crippen LogP contribution is 2.37. The van der Waals surface area contributed by atoms with Crippen LogP contribution in [0.5, 0.6) is 11.5 Å². The van der Waals surface area contributed by atoms with E-state index in [0.717, 1.165) is 29.5 Å². The van der Waals surface area contributed by atoms with Crippen LogP contribution >= 0.6 is 23.4 Å². The maximum Gasteiger partial charge on any atom is 0.339 e. The number of thioether (sulfide) groups is 1. The Labute approximate surface area is 224 Å². The van der Waals surface area contributed by atoms with E-state index < -0.39 is 29.6 Å². The number of halogens is 1. The molecule has 196 valence electrons. The number of esters is 1. The van der Waals surface area contributed by atoms with Crippen molar-refractivity contribution >= 4 is 58.1 Å². The van der Waals surface area contributed by atoms with Gasteiger partial charge < -0.3 is 19.5 Å². The molecule has 37 heavy (non-hydrogen) atoms. The van der Waals surface area contributed by atoms with Crippen molar-refractivity contribution in [3.05, 3.63) is 57.5 Å². The minimum absolute atomic E-state index is 0.105. The highest BCUT2D eigenvalue weighted by Gasteiger charge is 2.36. The van der Waals surface area contributed by atoms with Crippen molar-refractivity contribution in [3.8, 4) is 11.5 Å². The van der Waals surface area contributed by atoms with E-state index in [9.17, 15) is 19.2 Å². The van der Waals surface area contributed by atoms with Gasteiger partial charge in [0.25, 0.3) is 11.1 Å². The van der Waals surface area contributed by atoms with Crippen LogP contribution in [0.3, 0.4) is 0 Å². The van der Waals surface area contributed by atoms with Crippen molar-refractivity contribution in [3.63, 3.8) is 0 Å². The number of amides is 3. The summed E-state index contributed by atoms with van der Waals surface area (Å²) in [6.07, 6.45) is 3.12. The second-order valence-electron chi connectivity index (χ2n) is 7.81. The zero-order chi connectivity index (χ0) is 26.9. The van der Waals surface area contributed by atoms with E-state index in [1.807, 2.05) is 13.8 Å². The minimum Gasteiger partial charge on any atom is -0.493 e. The van der Waals surface area contributed by atoms with Crippen LogP contribution in [0.25, 0.3) is 6.08 Å². The number of anilines is 1. The van der Waals surface area contributed by atoms with E-state index in [4.69, 9.17) is 25.8 Å². The molecule has 0 unspecified atom stereocenters. The maximum atomic E-state index is 12.9. The van der Waals surface area contributed by atoms with E-state index in [1.165, 1.54) is 31.4 Å². The molecule has 9 nitrogen and oxygen atoms in total. The van der Waals surface area contributed by atoms with Crippen LogP contribution in [0.2, 0.25) is 5.02 Å². The molecule has 0 aromatic heterocycles. The predicted octanol–water partition coefficient (Wildman–Crippen LogP) is 5.38. The van der Waals surface area contributed by atoms with Gasteiger partial charge in [-0.1, -0.05) is 37.1 Å². The Morgan fingerprint density at radius 2 is 1.95 bits per heavy atom. The minimum atomic E-state index is -0.618. The molecular formula is C26H27ClN2O7S. The van der Waals surface area contributed by atoms with Crippen LogP contribution in [0, 0.1) is 0 Å². The Morgan fingerprint density at radius 1 is 1.16 bits per heavy atom. The molecule has 3 amide bonds. The van der Waals surface area contributed by atoms with Gasteiger partial charge in [-0.05, 0) is 55.4 Å². The number of imide groups is 1. The second-order valence-corrected chi connectivity index (χ2v) is 9.21. The zero-order valence-electron chi connectivity index (χ0n) is 20.7. The Morgan fingerprint density at radius 3 is 2.65 bits per heavy atom. The normalized spacial score (nSPS) is 14.2. The lowest BCUT2D eigenvalue weighted by atomic mass is 10.1. The van der Waals surface area contributed by atoms with Gasteiger partial charge in [0.2, 0.25) is 5.91 Å². The first-order chi connectivity index (χ1) is 17.8. The van der Waals surface area contributed by atoms with Gasteiger partial charge in [-0.15, -0.1) is 0 Å². The van der Waals surface area contributed by atoms with E-state index in [0.29, 0.717) is 23.7 Å². The summed E-state index contributed by atoms with van der Waals surface area (Å²) in [7, 11) is 1.51. The molecule has 0 saturated carbocycles. The molecule has 0 bridgehead atoms. The number of rotatable bonds is 11. The summed E-state index contributed by atoms with van der Waals surface area (Å²) >= 11 is 6.84. The monoisotopic (exact) mass is 546 g/mol. The van der Waals surface area contributed by atoms with Crippen LogP contribution < -0.4 is 14.8 Å². The van der Waals surface area contributed by atoms with Gasteiger partial charge in [0.15, 0.2) is 11.5 Å². The number of ether oxygens (including phenoxy) is 3. The molecule has 11 heteroatoms. The zero-order valence-corrected chi connectivity index (χ0v) is 22.2. The van der Waals surface area contributed by atoms with Crippen molar-refractivity contribution in [2.45, 2.75) is 26.7 Å². The quantitative estimate of drug-likeness (QED) is 0.227. The lowest BCUT2D eigenvalue weighted by Gasteiger charge is -2.14. The summed E-state index contributed by atoms with van der Waals surface area (Å²) in [5.41, 5.74) is 0.945. The number of hydrogen-bond acceptors (Lipinski definition) is 8. The number of unbranched alkanes of at least 4 members (excludes halogenated alkanes) is 1. The van der Waals surface area contributed by atoms with Crippen molar-refractivity contribution in [2.75, 3.05) is 32.2 Å². The molecule has 1 fully saturated rings. The Balaban J connectivity index is 1.71. The van der Waals surface area contributed by atoms with E-state index >= 15 is 0 Å². The van der Waals surface area contributed by atoms with Crippen LogP contribution in [0.4, 0.5) is 10.5 Å². The molecule has 3 rings (SSSR count). The molecular weight excluding hydrogens is 520 g/mol. The van der Waals surface area contributed by atoms with E-state index in [-0.39, 0.29) is 27.8 Å². The molecule has 1 aliphatic rings. The topological polar surface area (TPSA) is 111 Å². The fourth-order valence-corrected chi connectivity index (χ4v) is 4.40. The van der Waals surface area contributed by atoms with Crippen molar-refractivity contribution in [1.82, 2.24) is 4.90 Å². The number of methoxy groups -OCH3 is 1. The molecule has 2 aromatic carbocycles. The molecule has 1 heterocycles. The van der Waals surface area contributed by atoms with Gasteiger partial charge in [-0.25, -0.2) is 4.79 Å². The third kappa shape index (κ3) is 7.05. The summed E-state index contributed by atoms with van der Waals surface area (Å²) < 4.78 is 16.2. The van der Waals surface area contributed by atoms with Crippen LogP contribution in [0.1, 0.15) is 42.6 Å². The standard InChI is InChI=1S/C26H27ClN2O7S/c1-4-6-12-36-25(32)18-14-17(10-11-19(18)27)28-22(30)15-29-24(31)21(37-26(29)33)13-16-8-7-9-20(34-3)23(16)35-5-2/h7-11,13-14H,4-6,12,15H2,1-3H3,(H,28,30)/b21-13+. The van der Waals surface area contributed by atoms with Gasteiger partial charge in [0.05, 0.1) is 35.8 Å². The Kier molecular flexibility index (Phi) is 9.99. The summed E-state index contributed by atoms with van der Waals surface area (Å²) in [5.74, 6) is -0.886. The predicted molar refractivity (Wildman–Crippen MR) is 142 cm³/mol. The average molecular weight is 547 g/mol. The number of benzene rings is 2. The third-order valence-electron chi connectivity index (χ3n) is 5.18. The average Bonchev–Trinajstić information content (AvgIpc) is 3.13. The molecule has 1 saturated heterocycles. The van der Waals surface area contributed by atoms with Crippen molar-refractivity contribution in [1.29, 1.82) is 0 Å². The van der Waals surface area contributed by atoms with E-state index in [1.54, 1.807) is 18.2 Å². The second kappa shape index (κ2) is 13.2. The highest BCUT2D eigenvalue weighted by molar-refractivity contribution is 8.18. The summed E-state index contributed by atoms with van der Waals surface area (Å²) in [6, 6.07) is 9.56. The molecule has 0 radical (unpaired) electrons. The molecule has 0 spiro atoms. The molecule has 2 aromatic rings. The smallest absolute Gasteiger partial charge is 0.339 e. The third-order valence-corrected chi connectivity index (χ3v) is 6.42. The summed E-state index contributed by atoms with van der Waals surface area (Å²) in [6.45, 7) is 3.93. The number of nitrogens with zero attached hydrogens (tertiary/aromatic N) is 1. The summed E-state index contributed by atoms with van der Waals surface area (Å²) in [4.78, 5) is 51.4. The van der Waals surface area contributed by atoms with E-state index in [2.05, 4.69) is 5.32 Å². The van der Waals surface area contributed by atoms with Gasteiger partial charge in [-0.3, -0.25) is 19.3 Å². The Bertz CT molecular complexity index is 1230. The van der Waals surface area contributed by atoms with Crippen LogP contribution in [0.15, 0.2) is 41.3 Å². The lowest BCUT2D eigenvalue weighted by molar-refractivity contribution is -0.127. The van der Waals surface area contributed by atoms with Crippen LogP contribution in [-0.4, -0.2) is 54.8 Å². The van der Waals surface area contributed by atoms with Gasteiger partial charge in [0.1, 0.15) is 6.54 Å². The number of carbonyl (C=O) groups is 4. The fraction of sp³-hybridized carbons (Fsp3) is 0.308. The van der Waals surface area contributed by atoms with Crippen molar-refractivity contribution in [2.24, 2.45) is 0 Å². The number of nitrogens with one attached hydrogen (secondary N) is 1. The largest absolute Gasteiger partial charge is 0.493 e. The van der Waals surface area contributed by atoms with Crippen molar-refractivity contribution < 1.29 is 33.4 Å². The molecule has 0 aliphatic carbocycles. The highest BCUT2D eigenvalue weighted by atomic mass is 35.5. The van der Waals surface area contributed by atoms with Gasteiger partial charge >= 0.3 is 5.97 Å². The fourth-order valence-electron chi connectivity index (χ4n) is 3.37. The maximum absolute atomic E-state index is 12.9. The number of para-hydroxylation sites is 1. The first-order valence-electron chi connectivity index (χ1n) is 11.6. The van der Waals surface area contributed by atoms with Gasteiger partial charge in [0, 0.05) is 11.3 Å². The Hall–Kier alpha value is -3.50. The molecule has 1 N–H and O–H groups in total. The lowest BCUT2D eigenvalue weighted by Crippen LogP contribution is -2.36.